The second-order valence-corrected chi connectivity index (χ2v) is 8.54. The number of benzene rings is 3. The van der Waals surface area contributed by atoms with Crippen molar-refractivity contribution < 1.29 is 0 Å². The third-order valence-electron chi connectivity index (χ3n) is 6.38. The van der Waals surface area contributed by atoms with Crippen molar-refractivity contribution in [3.63, 3.8) is 0 Å². The zero-order valence-electron chi connectivity index (χ0n) is 17.4. The zero-order chi connectivity index (χ0) is 22.3. The SMILES string of the molecule is C=c1c2ccccc2c2n1B(Cl)n1c(N=C3N=C(N)c4ccccc43)c3ccccc3c1N=2. The molecule has 0 fully saturated rings. The highest BCUT2D eigenvalue weighted by Crippen LogP contribution is 2.40. The summed E-state index contributed by atoms with van der Waals surface area (Å²) in [4.78, 5) is 14.6. The Bertz CT molecular complexity index is 1830. The minimum atomic E-state index is -0.586. The number of amidine groups is 2. The van der Waals surface area contributed by atoms with Crippen LogP contribution >= 0.6 is 11.5 Å². The number of halogens is 1. The Hall–Kier alpha value is -4.10. The maximum absolute atomic E-state index is 7.14. The summed E-state index contributed by atoms with van der Waals surface area (Å²) in [5.74, 6) is 2.49. The molecule has 8 heteroatoms. The average molecular weight is 447 g/mol. The predicted octanol–water partition coefficient (Wildman–Crippen LogP) is 3.69. The van der Waals surface area contributed by atoms with Crippen molar-refractivity contribution in [1.82, 2.24) is 8.96 Å². The Balaban J connectivity index is 1.58. The molecule has 2 aliphatic heterocycles. The molecular formula is C25H16BClN6. The van der Waals surface area contributed by atoms with Gasteiger partial charge in [0.1, 0.15) is 23.0 Å². The van der Waals surface area contributed by atoms with Crippen LogP contribution in [0.2, 0.25) is 0 Å². The number of hydrogen-bond donors (Lipinski definition) is 1. The maximum Gasteiger partial charge on any atom is 0.498 e. The molecular weight excluding hydrogens is 431 g/mol. The van der Waals surface area contributed by atoms with Gasteiger partial charge in [0.15, 0.2) is 5.84 Å². The van der Waals surface area contributed by atoms with E-state index in [0.717, 1.165) is 49.3 Å². The number of rotatable bonds is 1. The van der Waals surface area contributed by atoms with Gasteiger partial charge in [-0.2, -0.15) is 0 Å². The smallest absolute Gasteiger partial charge is 0.383 e. The minimum absolute atomic E-state index is 0.463. The predicted molar refractivity (Wildman–Crippen MR) is 136 cm³/mol. The number of aliphatic imine (C=N–C) groups is 2. The van der Waals surface area contributed by atoms with Gasteiger partial charge in [0, 0.05) is 38.0 Å². The molecule has 0 bridgehead atoms. The number of aromatic nitrogens is 2. The van der Waals surface area contributed by atoms with Gasteiger partial charge in [-0.1, -0.05) is 79.4 Å². The van der Waals surface area contributed by atoms with Gasteiger partial charge < -0.3 is 14.7 Å². The molecule has 3 aromatic carbocycles. The Kier molecular flexibility index (Phi) is 3.62. The van der Waals surface area contributed by atoms with Gasteiger partial charge in [-0.15, -0.1) is 11.5 Å². The van der Waals surface area contributed by atoms with Gasteiger partial charge in [0.2, 0.25) is 0 Å². The lowest BCUT2D eigenvalue weighted by Gasteiger charge is -2.18. The van der Waals surface area contributed by atoms with Crippen LogP contribution in [0.5, 0.6) is 0 Å². The van der Waals surface area contributed by atoms with Crippen molar-refractivity contribution in [2.75, 3.05) is 0 Å². The van der Waals surface area contributed by atoms with E-state index < -0.39 is 6.40 Å². The molecule has 33 heavy (non-hydrogen) atoms. The summed E-state index contributed by atoms with van der Waals surface area (Å²) in [7, 11) is 0. The normalized spacial score (nSPS) is 15.5. The van der Waals surface area contributed by atoms with E-state index in [1.54, 1.807) is 0 Å². The molecule has 2 N–H and O–H groups in total. The van der Waals surface area contributed by atoms with E-state index in [0.29, 0.717) is 17.5 Å². The molecule has 156 valence electrons. The van der Waals surface area contributed by atoms with Crippen LogP contribution < -0.4 is 16.6 Å². The summed E-state index contributed by atoms with van der Waals surface area (Å²) in [5.41, 5.74) is 8.77. The molecule has 0 aliphatic carbocycles. The number of fused-ring (bicyclic) bond motifs is 7. The molecule has 0 saturated carbocycles. The van der Waals surface area contributed by atoms with E-state index in [4.69, 9.17) is 27.2 Å². The summed E-state index contributed by atoms with van der Waals surface area (Å²) >= 11 is 7.14. The Morgan fingerprint density at radius 2 is 1.42 bits per heavy atom. The minimum Gasteiger partial charge on any atom is -0.383 e. The van der Waals surface area contributed by atoms with Crippen molar-refractivity contribution >= 4 is 69.3 Å². The van der Waals surface area contributed by atoms with Crippen molar-refractivity contribution in [2.45, 2.75) is 0 Å². The van der Waals surface area contributed by atoms with Gasteiger partial charge >= 0.3 is 6.40 Å². The number of hydrogen-bond acceptors (Lipinski definition) is 3. The van der Waals surface area contributed by atoms with Crippen molar-refractivity contribution in [1.29, 1.82) is 0 Å². The lowest BCUT2D eigenvalue weighted by molar-refractivity contribution is 0.960. The van der Waals surface area contributed by atoms with Gasteiger partial charge in [-0.3, -0.25) is 0 Å². The number of nitrogens with zero attached hydrogens (tertiary/aromatic N) is 5. The van der Waals surface area contributed by atoms with Crippen LogP contribution in [0.3, 0.4) is 0 Å². The summed E-state index contributed by atoms with van der Waals surface area (Å²) in [5, 5.41) is 4.81. The van der Waals surface area contributed by atoms with Crippen molar-refractivity contribution in [3.8, 4) is 0 Å². The van der Waals surface area contributed by atoms with Crippen LogP contribution in [0.1, 0.15) is 11.1 Å². The molecule has 0 radical (unpaired) electrons. The van der Waals surface area contributed by atoms with Crippen LogP contribution in [0.4, 0.5) is 11.6 Å². The van der Waals surface area contributed by atoms with E-state index in [1.807, 2.05) is 75.7 Å². The zero-order valence-corrected chi connectivity index (χ0v) is 18.2. The van der Waals surface area contributed by atoms with Gasteiger partial charge in [-0.05, 0) is 0 Å². The fourth-order valence-electron chi connectivity index (χ4n) is 4.86. The quantitative estimate of drug-likeness (QED) is 0.392. The summed E-state index contributed by atoms with van der Waals surface area (Å²) in [6, 6.07) is 24.0. The molecule has 2 aromatic heterocycles. The van der Waals surface area contributed by atoms with Crippen LogP contribution in [-0.4, -0.2) is 27.0 Å². The van der Waals surface area contributed by atoms with Crippen LogP contribution in [0.25, 0.3) is 28.1 Å². The van der Waals surface area contributed by atoms with Crippen LogP contribution in [0, 0.1) is 0 Å². The Labute approximate surface area is 193 Å². The molecule has 4 heterocycles. The van der Waals surface area contributed by atoms with E-state index >= 15 is 0 Å². The van der Waals surface area contributed by atoms with E-state index in [9.17, 15) is 0 Å². The number of nitrogens with two attached hydrogens (primary N) is 1. The first-order valence-corrected chi connectivity index (χ1v) is 11.0. The highest BCUT2D eigenvalue weighted by molar-refractivity contribution is 7.05. The van der Waals surface area contributed by atoms with Gasteiger partial charge in [0.25, 0.3) is 0 Å². The first-order chi connectivity index (χ1) is 16.1. The summed E-state index contributed by atoms with van der Waals surface area (Å²) in [6.45, 7) is 4.30. The maximum atomic E-state index is 7.14. The fourth-order valence-corrected chi connectivity index (χ4v) is 5.26. The Morgan fingerprint density at radius 1 is 0.788 bits per heavy atom. The molecule has 7 rings (SSSR count). The molecule has 0 amide bonds. The summed E-state index contributed by atoms with van der Waals surface area (Å²) in [6.07, 6.45) is -0.586. The van der Waals surface area contributed by atoms with Gasteiger partial charge in [-0.25, -0.2) is 15.0 Å². The van der Waals surface area contributed by atoms with E-state index in [1.165, 1.54) is 0 Å². The monoisotopic (exact) mass is 446 g/mol. The molecule has 2 aliphatic rings. The van der Waals surface area contributed by atoms with E-state index in [2.05, 4.69) is 17.6 Å². The Morgan fingerprint density at radius 3 is 2.21 bits per heavy atom. The second kappa shape index (κ2) is 6.46. The van der Waals surface area contributed by atoms with E-state index in [-0.39, 0.29) is 0 Å². The fraction of sp³-hybridized carbons (Fsp3) is 0. The lowest BCUT2D eigenvalue weighted by Crippen LogP contribution is -2.44. The molecule has 6 nitrogen and oxygen atoms in total. The highest BCUT2D eigenvalue weighted by Gasteiger charge is 2.33. The van der Waals surface area contributed by atoms with Crippen molar-refractivity contribution in [3.05, 3.63) is 94.8 Å². The van der Waals surface area contributed by atoms with Gasteiger partial charge in [0.05, 0.1) is 0 Å². The first kappa shape index (κ1) is 18.5. The molecule has 0 saturated heterocycles. The van der Waals surface area contributed by atoms with Crippen molar-refractivity contribution in [2.24, 2.45) is 20.7 Å². The topological polar surface area (TPSA) is 73.0 Å². The molecule has 0 spiro atoms. The second-order valence-electron chi connectivity index (χ2n) is 8.15. The third-order valence-corrected chi connectivity index (χ3v) is 6.77. The standard InChI is InChI=1S/C25H16BClN6/c1-14-15-8-2-5-11-18(15)24-31-25-20-13-7-6-12-19(20)23(33(25)26(27)32(14)24)30-22-17-10-4-3-9-16(17)21(28)29-22/h2-13H,1H2,(H2,28,29,30). The molecule has 5 aromatic rings. The molecule has 0 unspecified atom stereocenters. The van der Waals surface area contributed by atoms with Crippen LogP contribution in [-0.2, 0) is 0 Å². The highest BCUT2D eigenvalue weighted by atomic mass is 35.5. The van der Waals surface area contributed by atoms with Crippen LogP contribution in [0.15, 0.2) is 87.8 Å². The largest absolute Gasteiger partial charge is 0.498 e. The first-order valence-electron chi connectivity index (χ1n) is 10.6. The third kappa shape index (κ3) is 2.37. The lowest BCUT2D eigenvalue weighted by atomic mass is 10.1. The molecule has 0 atom stereocenters. The average Bonchev–Trinajstić information content (AvgIpc) is 3.44. The summed E-state index contributed by atoms with van der Waals surface area (Å²) < 4.78 is 3.91.